The number of aryl methyl sites for hydroxylation is 1. The molecule has 1 aromatic rings. The summed E-state index contributed by atoms with van der Waals surface area (Å²) in [5.41, 5.74) is 2.22. The number of nitrogens with one attached hydrogen (secondary N) is 1. The summed E-state index contributed by atoms with van der Waals surface area (Å²) in [7, 11) is -3.14. The number of hydrogen-bond donors (Lipinski definition) is 1. The lowest BCUT2D eigenvalue weighted by molar-refractivity contribution is -0.121. The molecule has 0 aromatic heterocycles. The fraction of sp³-hybridized carbons (Fsp3) is 0.533. The van der Waals surface area contributed by atoms with E-state index in [1.54, 1.807) is 0 Å². The van der Waals surface area contributed by atoms with E-state index >= 15 is 0 Å². The Labute approximate surface area is 126 Å². The maximum Gasteiger partial charge on any atom is 0.221 e. The topological polar surface area (TPSA) is 66.5 Å². The first-order chi connectivity index (χ1) is 9.99. The lowest BCUT2D eigenvalue weighted by atomic mass is 10.1. The Balaban J connectivity index is 1.79. The summed E-state index contributed by atoms with van der Waals surface area (Å²) in [6.07, 6.45) is 1.81. The molecule has 0 unspecified atom stereocenters. The van der Waals surface area contributed by atoms with Gasteiger partial charge in [-0.2, -0.15) is 0 Å². The summed E-state index contributed by atoms with van der Waals surface area (Å²) in [6.45, 7) is 3.30. The van der Waals surface area contributed by atoms with Crippen molar-refractivity contribution in [2.45, 2.75) is 32.7 Å². The number of nitrogens with zero attached hydrogens (tertiary/aromatic N) is 1. The Bertz CT molecular complexity index is 599. The highest BCUT2D eigenvalue weighted by atomic mass is 32.2. The highest BCUT2D eigenvalue weighted by Crippen LogP contribution is 2.13. The summed E-state index contributed by atoms with van der Waals surface area (Å²) in [6, 6.07) is 7.88. The van der Waals surface area contributed by atoms with E-state index in [2.05, 4.69) is 5.32 Å². The van der Waals surface area contributed by atoms with E-state index < -0.39 is 10.0 Å². The zero-order chi connectivity index (χ0) is 15.3. The van der Waals surface area contributed by atoms with Crippen LogP contribution >= 0.6 is 0 Å². The molecule has 1 aromatic carbocycles. The third-order valence-corrected chi connectivity index (χ3v) is 5.74. The van der Waals surface area contributed by atoms with Gasteiger partial charge in [0.2, 0.25) is 15.9 Å². The van der Waals surface area contributed by atoms with Gasteiger partial charge < -0.3 is 5.32 Å². The highest BCUT2D eigenvalue weighted by Gasteiger charge is 2.25. The number of sulfonamides is 1. The second kappa shape index (κ2) is 7.04. The van der Waals surface area contributed by atoms with Crippen molar-refractivity contribution in [1.29, 1.82) is 0 Å². The molecule has 6 heteroatoms. The standard InChI is InChI=1S/C15H22N2O3S/c1-13-6-2-3-7-14(13)12-16-15(18)8-10-17-9-4-5-11-21(17,19)20/h2-3,6-7H,4-5,8-12H2,1H3,(H,16,18). The minimum atomic E-state index is -3.14. The van der Waals surface area contributed by atoms with E-state index in [0.29, 0.717) is 13.1 Å². The minimum absolute atomic E-state index is 0.112. The molecule has 1 saturated heterocycles. The molecule has 1 heterocycles. The Morgan fingerprint density at radius 1 is 1.29 bits per heavy atom. The first-order valence-corrected chi connectivity index (χ1v) is 8.89. The van der Waals surface area contributed by atoms with Gasteiger partial charge in [-0.3, -0.25) is 4.79 Å². The van der Waals surface area contributed by atoms with E-state index in [4.69, 9.17) is 0 Å². The van der Waals surface area contributed by atoms with Gasteiger partial charge in [-0.05, 0) is 30.9 Å². The van der Waals surface area contributed by atoms with Crippen molar-refractivity contribution >= 4 is 15.9 Å². The zero-order valence-corrected chi connectivity index (χ0v) is 13.2. The quantitative estimate of drug-likeness (QED) is 0.894. The lowest BCUT2D eigenvalue weighted by Gasteiger charge is -2.25. The van der Waals surface area contributed by atoms with E-state index in [0.717, 1.165) is 24.0 Å². The van der Waals surface area contributed by atoms with Crippen LogP contribution in [0.4, 0.5) is 0 Å². The SMILES string of the molecule is Cc1ccccc1CNC(=O)CCN1CCCCS1(=O)=O. The Morgan fingerprint density at radius 3 is 2.76 bits per heavy atom. The van der Waals surface area contributed by atoms with Gasteiger partial charge in [0.05, 0.1) is 5.75 Å². The van der Waals surface area contributed by atoms with Crippen molar-refractivity contribution in [3.8, 4) is 0 Å². The molecule has 0 atom stereocenters. The number of carbonyl (C=O) groups excluding carboxylic acids is 1. The van der Waals surface area contributed by atoms with Gasteiger partial charge in [0.1, 0.15) is 0 Å². The van der Waals surface area contributed by atoms with Crippen LogP contribution in [0.1, 0.15) is 30.4 Å². The number of carbonyl (C=O) groups is 1. The van der Waals surface area contributed by atoms with Crippen LogP contribution in [0.15, 0.2) is 24.3 Å². The summed E-state index contributed by atoms with van der Waals surface area (Å²) in [5, 5.41) is 2.85. The largest absolute Gasteiger partial charge is 0.352 e. The van der Waals surface area contributed by atoms with Crippen LogP contribution in [0.3, 0.4) is 0 Å². The third kappa shape index (κ3) is 4.54. The first-order valence-electron chi connectivity index (χ1n) is 7.28. The minimum Gasteiger partial charge on any atom is -0.352 e. The highest BCUT2D eigenvalue weighted by molar-refractivity contribution is 7.89. The molecule has 0 aliphatic carbocycles. The fourth-order valence-corrected chi connectivity index (χ4v) is 4.01. The average molecular weight is 310 g/mol. The van der Waals surface area contributed by atoms with Crippen LogP contribution in [0.5, 0.6) is 0 Å². The van der Waals surface area contributed by atoms with E-state index in [9.17, 15) is 13.2 Å². The van der Waals surface area contributed by atoms with Crippen molar-refractivity contribution in [2.24, 2.45) is 0 Å². The Morgan fingerprint density at radius 2 is 2.05 bits per heavy atom. The number of hydrogen-bond acceptors (Lipinski definition) is 3. The van der Waals surface area contributed by atoms with Crippen LogP contribution in [0.2, 0.25) is 0 Å². The average Bonchev–Trinajstić information content (AvgIpc) is 2.45. The van der Waals surface area contributed by atoms with E-state index in [-0.39, 0.29) is 24.6 Å². The van der Waals surface area contributed by atoms with Gasteiger partial charge in [-0.15, -0.1) is 0 Å². The molecule has 1 amide bonds. The first kappa shape index (κ1) is 16.0. The zero-order valence-electron chi connectivity index (χ0n) is 12.3. The maximum absolute atomic E-state index is 11.8. The predicted molar refractivity (Wildman–Crippen MR) is 82.2 cm³/mol. The molecule has 0 radical (unpaired) electrons. The van der Waals surface area contributed by atoms with Gasteiger partial charge in [0, 0.05) is 26.1 Å². The molecule has 21 heavy (non-hydrogen) atoms. The van der Waals surface area contributed by atoms with Gasteiger partial charge >= 0.3 is 0 Å². The van der Waals surface area contributed by atoms with Crippen LogP contribution < -0.4 is 5.32 Å². The Kier molecular flexibility index (Phi) is 5.36. The molecule has 0 saturated carbocycles. The van der Waals surface area contributed by atoms with E-state index in [1.165, 1.54) is 4.31 Å². The van der Waals surface area contributed by atoms with Crippen molar-refractivity contribution in [1.82, 2.24) is 9.62 Å². The molecule has 116 valence electrons. The number of amides is 1. The molecule has 1 N–H and O–H groups in total. The second-order valence-corrected chi connectivity index (χ2v) is 7.46. The fourth-order valence-electron chi connectivity index (χ4n) is 2.41. The molecule has 2 rings (SSSR count). The van der Waals surface area contributed by atoms with Crippen molar-refractivity contribution in [3.05, 3.63) is 35.4 Å². The number of rotatable bonds is 5. The molecule has 0 bridgehead atoms. The summed E-state index contributed by atoms with van der Waals surface area (Å²) < 4.78 is 25.1. The van der Waals surface area contributed by atoms with Crippen LogP contribution in [0.25, 0.3) is 0 Å². The van der Waals surface area contributed by atoms with Crippen LogP contribution in [0, 0.1) is 6.92 Å². The maximum atomic E-state index is 11.8. The van der Waals surface area contributed by atoms with Gasteiger partial charge in [-0.1, -0.05) is 24.3 Å². The molecule has 1 aliphatic heterocycles. The molecular formula is C15H22N2O3S. The predicted octanol–water partition coefficient (Wildman–Crippen LogP) is 1.43. The van der Waals surface area contributed by atoms with Crippen molar-refractivity contribution in [3.63, 3.8) is 0 Å². The monoisotopic (exact) mass is 310 g/mol. The van der Waals surface area contributed by atoms with Crippen molar-refractivity contribution < 1.29 is 13.2 Å². The summed E-state index contributed by atoms with van der Waals surface area (Å²) in [5.74, 6) is 0.0942. The molecular weight excluding hydrogens is 288 g/mol. The molecule has 5 nitrogen and oxygen atoms in total. The van der Waals surface area contributed by atoms with Gasteiger partial charge in [-0.25, -0.2) is 12.7 Å². The summed E-state index contributed by atoms with van der Waals surface area (Å²) >= 11 is 0. The molecule has 1 aliphatic rings. The lowest BCUT2D eigenvalue weighted by Crippen LogP contribution is -2.40. The van der Waals surface area contributed by atoms with Crippen molar-refractivity contribution in [2.75, 3.05) is 18.8 Å². The van der Waals surface area contributed by atoms with Crippen LogP contribution in [-0.4, -0.2) is 37.5 Å². The normalized spacial score (nSPS) is 18.3. The smallest absolute Gasteiger partial charge is 0.221 e. The van der Waals surface area contributed by atoms with Gasteiger partial charge in [0.25, 0.3) is 0 Å². The van der Waals surface area contributed by atoms with Crippen LogP contribution in [-0.2, 0) is 21.4 Å². The molecule has 1 fully saturated rings. The second-order valence-electron chi connectivity index (χ2n) is 5.38. The summed E-state index contributed by atoms with van der Waals surface area (Å²) in [4.78, 5) is 11.8. The van der Waals surface area contributed by atoms with Gasteiger partial charge in [0.15, 0.2) is 0 Å². The van der Waals surface area contributed by atoms with E-state index in [1.807, 2.05) is 31.2 Å². The Hall–Kier alpha value is -1.40. The third-order valence-electron chi connectivity index (χ3n) is 3.78. The number of benzene rings is 1. The molecule has 0 spiro atoms.